The van der Waals surface area contributed by atoms with Crippen LogP contribution >= 0.6 is 0 Å². The molecule has 6 aromatic rings. The number of aliphatic imine (C=N–C) groups is 4. The molecule has 0 amide bonds. The van der Waals surface area contributed by atoms with E-state index in [1.165, 1.54) is 24.3 Å². The second kappa shape index (κ2) is 13.0. The van der Waals surface area contributed by atoms with E-state index in [0.717, 1.165) is 27.8 Å². The highest BCUT2D eigenvalue weighted by Gasteiger charge is 2.59. The zero-order valence-electron chi connectivity index (χ0n) is 27.7. The molecule has 0 spiro atoms. The lowest BCUT2D eigenvalue weighted by atomic mass is 9.81. The molecule has 250 valence electrons. The van der Waals surface area contributed by atoms with E-state index >= 15 is 0 Å². The van der Waals surface area contributed by atoms with Crippen LogP contribution in [0.2, 0.25) is 0 Å². The number of aromatic carboxylic acids is 2. The van der Waals surface area contributed by atoms with E-state index in [1.54, 1.807) is 30.5 Å². The first-order valence-electron chi connectivity index (χ1n) is 16.7. The van der Waals surface area contributed by atoms with E-state index in [2.05, 4.69) is 12.1 Å². The number of hydrogen-bond acceptors (Lipinski definition) is 6. The number of carboxylic acids is 2. The fourth-order valence-electron chi connectivity index (χ4n) is 6.72. The maximum Gasteiger partial charge on any atom is 0.335 e. The largest absolute Gasteiger partial charge is 0.478 e. The van der Waals surface area contributed by atoms with Crippen molar-refractivity contribution in [3.63, 3.8) is 0 Å². The third kappa shape index (κ3) is 5.52. The molecule has 8 rings (SSSR count). The molecular weight excluding hydrogens is 649 g/mol. The van der Waals surface area contributed by atoms with Crippen LogP contribution in [0.15, 0.2) is 184 Å². The van der Waals surface area contributed by atoms with Crippen LogP contribution in [0.3, 0.4) is 0 Å². The molecule has 0 radical (unpaired) electrons. The second-order valence-corrected chi connectivity index (χ2v) is 12.5. The minimum Gasteiger partial charge on any atom is -0.478 e. The molecule has 52 heavy (non-hydrogen) atoms. The summed E-state index contributed by atoms with van der Waals surface area (Å²) >= 11 is 0. The number of carbonyl (C=O) groups is 2. The molecule has 8 heteroatoms. The first kappa shape index (κ1) is 32.2. The minimum atomic E-state index is -1.59. The summed E-state index contributed by atoms with van der Waals surface area (Å²) in [7, 11) is 0. The molecule has 2 N–H and O–H groups in total. The number of benzene rings is 6. The Morgan fingerprint density at radius 1 is 0.404 bits per heavy atom. The van der Waals surface area contributed by atoms with Gasteiger partial charge in [-0.1, -0.05) is 140 Å². The molecule has 0 bridgehead atoms. The second-order valence-electron chi connectivity index (χ2n) is 12.5. The summed E-state index contributed by atoms with van der Waals surface area (Å²) < 4.78 is 0. The van der Waals surface area contributed by atoms with Crippen molar-refractivity contribution in [1.82, 2.24) is 0 Å². The summed E-state index contributed by atoms with van der Waals surface area (Å²) in [5.74, 6) is -2.13. The Labute approximate surface area is 299 Å². The van der Waals surface area contributed by atoms with Crippen molar-refractivity contribution in [1.29, 1.82) is 0 Å². The SMILES string of the molecule is O=C(O)c1ccc(C2(C3(c4ccc(C(=O)O)cc4)N=C(c4ccccc4)C(c4ccccc4)=N3)N=CC(c3ccc(-c4ccccc4)cc3)=N2)cc1. The fraction of sp³-hybridized carbons (Fsp3) is 0.0455. The van der Waals surface area contributed by atoms with Gasteiger partial charge >= 0.3 is 11.9 Å². The van der Waals surface area contributed by atoms with Gasteiger partial charge in [0.2, 0.25) is 11.3 Å². The van der Waals surface area contributed by atoms with Crippen molar-refractivity contribution < 1.29 is 19.8 Å². The van der Waals surface area contributed by atoms with Gasteiger partial charge in [0.1, 0.15) is 0 Å². The lowest BCUT2D eigenvalue weighted by molar-refractivity contribution is 0.0686. The summed E-state index contributed by atoms with van der Waals surface area (Å²) in [4.78, 5) is 45.5. The smallest absolute Gasteiger partial charge is 0.335 e. The van der Waals surface area contributed by atoms with Crippen molar-refractivity contribution in [2.24, 2.45) is 20.0 Å². The van der Waals surface area contributed by atoms with E-state index in [0.29, 0.717) is 28.3 Å². The average Bonchev–Trinajstić information content (AvgIpc) is 3.85. The summed E-state index contributed by atoms with van der Waals surface area (Å²) in [5, 5.41) is 19.6. The maximum atomic E-state index is 12.0. The van der Waals surface area contributed by atoms with E-state index < -0.39 is 23.3 Å². The first-order chi connectivity index (χ1) is 25.4. The maximum absolute atomic E-state index is 12.0. The van der Waals surface area contributed by atoms with Crippen LogP contribution in [0.4, 0.5) is 0 Å². The van der Waals surface area contributed by atoms with Crippen LogP contribution in [0, 0.1) is 0 Å². The highest BCUT2D eigenvalue weighted by Crippen LogP contribution is 2.53. The lowest BCUT2D eigenvalue weighted by Gasteiger charge is -2.38. The van der Waals surface area contributed by atoms with Crippen LogP contribution in [0.1, 0.15) is 48.5 Å². The van der Waals surface area contributed by atoms with Crippen molar-refractivity contribution in [3.8, 4) is 11.1 Å². The number of rotatable bonds is 9. The predicted octanol–water partition coefficient (Wildman–Crippen LogP) is 8.32. The predicted molar refractivity (Wildman–Crippen MR) is 203 cm³/mol. The van der Waals surface area contributed by atoms with E-state index in [1.807, 2.05) is 103 Å². The highest BCUT2D eigenvalue weighted by atomic mass is 16.4. The molecule has 2 aliphatic rings. The Morgan fingerprint density at radius 2 is 0.788 bits per heavy atom. The molecule has 0 saturated heterocycles. The normalized spacial score (nSPS) is 17.3. The quantitative estimate of drug-likeness (QED) is 0.160. The molecule has 1 unspecified atom stereocenters. The van der Waals surface area contributed by atoms with Crippen molar-refractivity contribution in [2.75, 3.05) is 0 Å². The monoisotopic (exact) mass is 678 g/mol. The van der Waals surface area contributed by atoms with Crippen LogP contribution in [-0.4, -0.2) is 45.5 Å². The van der Waals surface area contributed by atoms with Gasteiger partial charge in [-0.05, 0) is 35.4 Å². The third-order valence-corrected chi connectivity index (χ3v) is 9.36. The average molecular weight is 679 g/mol. The van der Waals surface area contributed by atoms with E-state index in [4.69, 9.17) is 20.0 Å². The molecule has 0 fully saturated rings. The first-order valence-corrected chi connectivity index (χ1v) is 16.7. The fourth-order valence-corrected chi connectivity index (χ4v) is 6.72. The highest BCUT2D eigenvalue weighted by molar-refractivity contribution is 6.54. The number of nitrogens with zero attached hydrogens (tertiary/aromatic N) is 4. The Hall–Kier alpha value is -7.06. The molecule has 6 aromatic carbocycles. The molecule has 1 atom stereocenters. The number of hydrogen-bond donors (Lipinski definition) is 2. The van der Waals surface area contributed by atoms with Crippen molar-refractivity contribution in [3.05, 3.63) is 203 Å². The van der Waals surface area contributed by atoms with E-state index in [-0.39, 0.29) is 11.1 Å². The van der Waals surface area contributed by atoms with Gasteiger partial charge in [0.25, 0.3) is 0 Å². The van der Waals surface area contributed by atoms with Gasteiger partial charge in [0.05, 0.1) is 34.5 Å². The van der Waals surface area contributed by atoms with Gasteiger partial charge < -0.3 is 10.2 Å². The van der Waals surface area contributed by atoms with Crippen LogP contribution in [0.5, 0.6) is 0 Å². The lowest BCUT2D eigenvalue weighted by Crippen LogP contribution is -2.43. The van der Waals surface area contributed by atoms with Gasteiger partial charge in [0.15, 0.2) is 0 Å². The van der Waals surface area contributed by atoms with Gasteiger partial charge in [0, 0.05) is 27.8 Å². The minimum absolute atomic E-state index is 0.105. The van der Waals surface area contributed by atoms with Crippen molar-refractivity contribution >= 4 is 35.3 Å². The van der Waals surface area contributed by atoms with Gasteiger partial charge in [-0.3, -0.25) is 4.99 Å². The standard InChI is InChI=1S/C44H30N4O4/c49-41(50)34-20-24-36(25-21-34)43(45-28-38(46-43)31-18-16-30(17-19-31)29-10-4-1-5-11-29)44(37-26-22-35(23-27-37)42(51)52)47-39(32-12-6-2-7-13-32)40(48-44)33-14-8-3-9-15-33/h1-28H,(H,49,50)(H,51,52). The summed E-state index contributed by atoms with van der Waals surface area (Å²) in [6.07, 6.45) is 1.71. The molecule has 8 nitrogen and oxygen atoms in total. The van der Waals surface area contributed by atoms with Gasteiger partial charge in [-0.25, -0.2) is 24.6 Å². The Kier molecular flexibility index (Phi) is 8.04. The zero-order chi connectivity index (χ0) is 35.7. The molecule has 2 heterocycles. The van der Waals surface area contributed by atoms with Crippen LogP contribution in [-0.2, 0) is 11.3 Å². The van der Waals surface area contributed by atoms with E-state index in [9.17, 15) is 19.8 Å². The third-order valence-electron chi connectivity index (χ3n) is 9.36. The Balaban J connectivity index is 1.40. The van der Waals surface area contributed by atoms with Gasteiger partial charge in [-0.2, -0.15) is 0 Å². The van der Waals surface area contributed by atoms with Gasteiger partial charge in [-0.15, -0.1) is 0 Å². The Morgan fingerprint density at radius 3 is 1.23 bits per heavy atom. The summed E-state index contributed by atoms with van der Waals surface area (Å²) in [6.45, 7) is 0. The van der Waals surface area contributed by atoms with Crippen LogP contribution in [0.25, 0.3) is 11.1 Å². The molecule has 0 aliphatic carbocycles. The van der Waals surface area contributed by atoms with Crippen LogP contribution < -0.4 is 0 Å². The zero-order valence-corrected chi connectivity index (χ0v) is 27.7. The Bertz CT molecular complexity index is 2370. The molecule has 2 aliphatic heterocycles. The topological polar surface area (TPSA) is 124 Å². The molecular formula is C44H30N4O4. The summed E-state index contributed by atoms with van der Waals surface area (Å²) in [6, 6.07) is 50.6. The van der Waals surface area contributed by atoms with Crippen molar-refractivity contribution in [2.45, 2.75) is 11.3 Å². The summed E-state index contributed by atoms with van der Waals surface area (Å²) in [5.41, 5.74) is 4.59. The number of carboxylic acid groups (broad SMARTS) is 2. The molecule has 0 aromatic heterocycles. The molecule has 0 saturated carbocycles.